The number of halogens is 1. The van der Waals surface area contributed by atoms with Crippen LogP contribution in [0.15, 0.2) is 77.3 Å². The standard InChI is InChI=1S/C21H15BrN2O6/c22-16-12-14(24(28)29)10-11-17(16)23-20(25)19(13-6-2-1-3-7-13)30-18-9-5-4-8-15(18)21(26)27/h1-12,19H,(H,23,25)(H,26,27). The molecule has 0 fully saturated rings. The largest absolute Gasteiger partial charge is 0.478 e. The maximum absolute atomic E-state index is 13.0. The zero-order chi connectivity index (χ0) is 21.7. The Morgan fingerprint density at radius 1 is 1.03 bits per heavy atom. The molecule has 2 N–H and O–H groups in total. The lowest BCUT2D eigenvalue weighted by Crippen LogP contribution is -2.26. The number of nitrogens with zero attached hydrogens (tertiary/aromatic N) is 1. The van der Waals surface area contributed by atoms with Crippen molar-refractivity contribution < 1.29 is 24.4 Å². The van der Waals surface area contributed by atoms with E-state index in [2.05, 4.69) is 21.2 Å². The molecule has 3 rings (SSSR count). The van der Waals surface area contributed by atoms with Crippen molar-refractivity contribution in [2.24, 2.45) is 0 Å². The van der Waals surface area contributed by atoms with Crippen molar-refractivity contribution in [1.82, 2.24) is 0 Å². The molecule has 3 aromatic rings. The highest BCUT2D eigenvalue weighted by Gasteiger charge is 2.25. The van der Waals surface area contributed by atoms with Gasteiger partial charge in [0.1, 0.15) is 11.3 Å². The molecule has 3 aromatic carbocycles. The van der Waals surface area contributed by atoms with E-state index in [-0.39, 0.29) is 17.0 Å². The van der Waals surface area contributed by atoms with Gasteiger partial charge in [-0.15, -0.1) is 0 Å². The molecule has 0 saturated heterocycles. The lowest BCUT2D eigenvalue weighted by molar-refractivity contribution is -0.384. The first-order valence-corrected chi connectivity index (χ1v) is 9.45. The normalized spacial score (nSPS) is 11.4. The van der Waals surface area contributed by atoms with E-state index in [1.54, 1.807) is 42.5 Å². The maximum atomic E-state index is 13.0. The molecule has 30 heavy (non-hydrogen) atoms. The molecule has 9 heteroatoms. The number of anilines is 1. The Balaban J connectivity index is 1.93. The van der Waals surface area contributed by atoms with Gasteiger partial charge in [0.15, 0.2) is 0 Å². The Morgan fingerprint density at radius 3 is 2.33 bits per heavy atom. The van der Waals surface area contributed by atoms with Gasteiger partial charge in [0, 0.05) is 22.2 Å². The molecule has 0 aromatic heterocycles. The van der Waals surface area contributed by atoms with E-state index < -0.39 is 22.9 Å². The van der Waals surface area contributed by atoms with E-state index in [1.165, 1.54) is 30.3 Å². The number of carbonyl (C=O) groups is 2. The number of benzene rings is 3. The second-order valence-electron chi connectivity index (χ2n) is 6.12. The van der Waals surface area contributed by atoms with Crippen LogP contribution in [0.3, 0.4) is 0 Å². The summed E-state index contributed by atoms with van der Waals surface area (Å²) in [6, 6.07) is 18.5. The number of nitro benzene ring substituents is 1. The quantitative estimate of drug-likeness (QED) is 0.377. The van der Waals surface area contributed by atoms with Crippen LogP contribution in [-0.2, 0) is 4.79 Å². The lowest BCUT2D eigenvalue weighted by Gasteiger charge is -2.20. The van der Waals surface area contributed by atoms with Gasteiger partial charge in [0.05, 0.1) is 10.6 Å². The molecule has 1 atom stereocenters. The number of nitro groups is 1. The number of carboxylic acids is 1. The molecule has 0 aliphatic carbocycles. The van der Waals surface area contributed by atoms with Crippen LogP contribution >= 0.6 is 15.9 Å². The number of amides is 1. The summed E-state index contributed by atoms with van der Waals surface area (Å²) in [6.45, 7) is 0. The average molecular weight is 471 g/mol. The monoisotopic (exact) mass is 470 g/mol. The van der Waals surface area contributed by atoms with Crippen LogP contribution in [-0.4, -0.2) is 21.9 Å². The zero-order valence-electron chi connectivity index (χ0n) is 15.3. The number of nitrogens with one attached hydrogen (secondary N) is 1. The van der Waals surface area contributed by atoms with Crippen LogP contribution < -0.4 is 10.1 Å². The Bertz CT molecular complexity index is 1100. The predicted octanol–water partition coefficient (Wildman–Crippen LogP) is 4.81. The highest BCUT2D eigenvalue weighted by atomic mass is 79.9. The minimum atomic E-state index is -1.18. The number of rotatable bonds is 7. The molecule has 0 radical (unpaired) electrons. The molecule has 0 bridgehead atoms. The van der Waals surface area contributed by atoms with Gasteiger partial charge in [-0.1, -0.05) is 42.5 Å². The van der Waals surface area contributed by atoms with Crippen molar-refractivity contribution in [2.45, 2.75) is 6.10 Å². The van der Waals surface area contributed by atoms with Crippen molar-refractivity contribution >= 4 is 39.2 Å². The van der Waals surface area contributed by atoms with Gasteiger partial charge in [-0.2, -0.15) is 0 Å². The fourth-order valence-corrected chi connectivity index (χ4v) is 3.16. The minimum Gasteiger partial charge on any atom is -0.478 e. The number of carbonyl (C=O) groups excluding carboxylic acids is 1. The summed E-state index contributed by atoms with van der Waals surface area (Å²) >= 11 is 3.21. The van der Waals surface area contributed by atoms with E-state index in [0.717, 1.165) is 0 Å². The van der Waals surface area contributed by atoms with Gasteiger partial charge in [-0.3, -0.25) is 14.9 Å². The Hall–Kier alpha value is -3.72. The van der Waals surface area contributed by atoms with Crippen LogP contribution in [0.25, 0.3) is 0 Å². The number of hydrogen-bond donors (Lipinski definition) is 2. The summed E-state index contributed by atoms with van der Waals surface area (Å²) in [5.41, 5.74) is 0.601. The van der Waals surface area contributed by atoms with Gasteiger partial charge in [-0.25, -0.2) is 4.79 Å². The molecule has 0 aliphatic heterocycles. The number of hydrogen-bond acceptors (Lipinski definition) is 5. The van der Waals surface area contributed by atoms with Crippen LogP contribution in [0.4, 0.5) is 11.4 Å². The van der Waals surface area contributed by atoms with Crippen LogP contribution in [0.1, 0.15) is 22.0 Å². The highest BCUT2D eigenvalue weighted by Crippen LogP contribution is 2.30. The second-order valence-corrected chi connectivity index (χ2v) is 6.97. The van der Waals surface area contributed by atoms with E-state index in [9.17, 15) is 24.8 Å². The summed E-state index contributed by atoms with van der Waals surface area (Å²) in [4.78, 5) is 34.9. The average Bonchev–Trinajstić information content (AvgIpc) is 2.74. The molecule has 0 saturated carbocycles. The molecular weight excluding hydrogens is 456 g/mol. The summed E-state index contributed by atoms with van der Waals surface area (Å²) in [5, 5.41) is 23.0. The third kappa shape index (κ3) is 4.81. The van der Waals surface area contributed by atoms with Gasteiger partial charge < -0.3 is 15.2 Å². The van der Waals surface area contributed by atoms with Crippen molar-refractivity contribution in [3.63, 3.8) is 0 Å². The zero-order valence-corrected chi connectivity index (χ0v) is 16.9. The van der Waals surface area contributed by atoms with Crippen LogP contribution in [0.5, 0.6) is 5.75 Å². The van der Waals surface area contributed by atoms with E-state index in [4.69, 9.17) is 4.74 Å². The first-order chi connectivity index (χ1) is 14.4. The number of non-ortho nitro benzene ring substituents is 1. The van der Waals surface area contributed by atoms with Crippen LogP contribution in [0.2, 0.25) is 0 Å². The molecule has 8 nitrogen and oxygen atoms in total. The highest BCUT2D eigenvalue weighted by molar-refractivity contribution is 9.10. The number of ether oxygens (including phenoxy) is 1. The molecule has 0 heterocycles. The molecule has 1 unspecified atom stereocenters. The fraction of sp³-hybridized carbons (Fsp3) is 0.0476. The Labute approximate surface area is 179 Å². The van der Waals surface area contributed by atoms with Gasteiger partial charge in [-0.05, 0) is 34.1 Å². The van der Waals surface area contributed by atoms with Crippen molar-refractivity contribution in [3.05, 3.63) is 98.5 Å². The molecule has 152 valence electrons. The Morgan fingerprint density at radius 2 is 1.70 bits per heavy atom. The summed E-state index contributed by atoms with van der Waals surface area (Å²) < 4.78 is 6.13. The number of para-hydroxylation sites is 1. The van der Waals surface area contributed by atoms with Crippen LogP contribution in [0, 0.1) is 10.1 Å². The lowest BCUT2D eigenvalue weighted by atomic mass is 10.1. The molecule has 0 aliphatic rings. The third-order valence-corrected chi connectivity index (χ3v) is 4.78. The first kappa shape index (κ1) is 21.0. The molecular formula is C21H15BrN2O6. The smallest absolute Gasteiger partial charge is 0.339 e. The van der Waals surface area contributed by atoms with Crippen molar-refractivity contribution in [3.8, 4) is 5.75 Å². The van der Waals surface area contributed by atoms with Gasteiger partial charge >= 0.3 is 5.97 Å². The summed E-state index contributed by atoms with van der Waals surface area (Å²) in [7, 11) is 0. The number of carboxylic acid groups (broad SMARTS) is 1. The summed E-state index contributed by atoms with van der Waals surface area (Å²) in [6.07, 6.45) is -1.16. The predicted molar refractivity (Wildman–Crippen MR) is 113 cm³/mol. The van der Waals surface area contributed by atoms with E-state index >= 15 is 0 Å². The van der Waals surface area contributed by atoms with E-state index in [1.807, 2.05) is 0 Å². The topological polar surface area (TPSA) is 119 Å². The Kier molecular flexibility index (Phi) is 6.43. The van der Waals surface area contributed by atoms with Gasteiger partial charge in [0.25, 0.3) is 11.6 Å². The van der Waals surface area contributed by atoms with Crippen molar-refractivity contribution in [1.29, 1.82) is 0 Å². The number of aromatic carboxylic acids is 1. The third-order valence-electron chi connectivity index (χ3n) is 4.12. The van der Waals surface area contributed by atoms with E-state index in [0.29, 0.717) is 15.7 Å². The molecule has 0 spiro atoms. The summed E-state index contributed by atoms with van der Waals surface area (Å²) in [5.74, 6) is -1.72. The van der Waals surface area contributed by atoms with Crippen molar-refractivity contribution in [2.75, 3.05) is 5.32 Å². The second kappa shape index (κ2) is 9.19. The SMILES string of the molecule is O=C(O)c1ccccc1OC(C(=O)Nc1ccc([N+](=O)[O-])cc1Br)c1ccccc1. The first-order valence-electron chi connectivity index (χ1n) is 8.65. The fourth-order valence-electron chi connectivity index (χ4n) is 2.69. The maximum Gasteiger partial charge on any atom is 0.339 e. The molecule has 1 amide bonds. The minimum absolute atomic E-state index is 0.0387. The van der Waals surface area contributed by atoms with Gasteiger partial charge in [0.2, 0.25) is 6.10 Å².